The molecule has 0 aliphatic heterocycles. The molecule has 0 atom stereocenters. The van der Waals surface area contributed by atoms with E-state index in [1.165, 1.54) is 42.1 Å². The van der Waals surface area contributed by atoms with E-state index < -0.39 is 22.8 Å². The first-order valence-corrected chi connectivity index (χ1v) is 10.5. The number of nitrogens with one attached hydrogen (secondary N) is 2. The Morgan fingerprint density at radius 1 is 1.06 bits per heavy atom. The van der Waals surface area contributed by atoms with Crippen LogP contribution in [-0.4, -0.2) is 26.2 Å². The number of halogens is 2. The summed E-state index contributed by atoms with van der Waals surface area (Å²) in [5.41, 5.74) is -0.690. The van der Waals surface area contributed by atoms with Gasteiger partial charge in [0.05, 0.1) is 25.2 Å². The van der Waals surface area contributed by atoms with Crippen LogP contribution in [0.25, 0.3) is 0 Å². The molecular formula is C23H19ClFN5O4. The van der Waals surface area contributed by atoms with Crippen molar-refractivity contribution in [3.8, 4) is 5.75 Å². The number of rotatable bonds is 7. The number of ether oxygens (including phenoxy) is 1. The first-order chi connectivity index (χ1) is 16.4. The minimum Gasteiger partial charge on any atom is -0.497 e. The second-order valence-electron chi connectivity index (χ2n) is 7.30. The molecule has 0 radical (unpaired) electrons. The predicted molar refractivity (Wildman–Crippen MR) is 126 cm³/mol. The second-order valence-corrected chi connectivity index (χ2v) is 7.71. The lowest BCUT2D eigenvalue weighted by Gasteiger charge is -2.16. The average molecular weight is 484 g/mol. The Bertz CT molecular complexity index is 1510. The number of hydrogen-bond donors (Lipinski definition) is 2. The quantitative estimate of drug-likeness (QED) is 0.418. The van der Waals surface area contributed by atoms with Crippen LogP contribution >= 0.6 is 11.6 Å². The Morgan fingerprint density at radius 3 is 2.50 bits per heavy atom. The molecule has 2 heterocycles. The zero-order chi connectivity index (χ0) is 24.2. The summed E-state index contributed by atoms with van der Waals surface area (Å²) in [6.07, 6.45) is 1.45. The Kier molecular flexibility index (Phi) is 6.60. The highest BCUT2D eigenvalue weighted by Gasteiger charge is 2.16. The van der Waals surface area contributed by atoms with Crippen LogP contribution < -0.4 is 27.0 Å². The first kappa shape index (κ1) is 23.0. The summed E-state index contributed by atoms with van der Waals surface area (Å²) < 4.78 is 20.8. The van der Waals surface area contributed by atoms with Crippen LogP contribution in [0.4, 0.5) is 16.0 Å². The lowest BCUT2D eigenvalue weighted by molar-refractivity contribution is 0.415. The predicted octanol–water partition coefficient (Wildman–Crippen LogP) is 2.73. The van der Waals surface area contributed by atoms with E-state index in [9.17, 15) is 18.8 Å². The molecule has 9 nitrogen and oxygen atoms in total. The maximum absolute atomic E-state index is 13.6. The Hall–Kier alpha value is -4.18. The van der Waals surface area contributed by atoms with E-state index in [2.05, 4.69) is 15.3 Å². The maximum Gasteiger partial charge on any atom is 0.355 e. The van der Waals surface area contributed by atoms with Gasteiger partial charge in [-0.1, -0.05) is 23.7 Å². The van der Waals surface area contributed by atoms with Gasteiger partial charge in [0.1, 0.15) is 11.6 Å². The van der Waals surface area contributed by atoms with Crippen LogP contribution in [0.5, 0.6) is 5.75 Å². The summed E-state index contributed by atoms with van der Waals surface area (Å²) in [4.78, 5) is 44.8. The summed E-state index contributed by atoms with van der Waals surface area (Å²) in [7, 11) is 1.53. The zero-order valence-corrected chi connectivity index (χ0v) is 18.7. The zero-order valence-electron chi connectivity index (χ0n) is 17.9. The van der Waals surface area contributed by atoms with E-state index in [1.54, 1.807) is 30.3 Å². The van der Waals surface area contributed by atoms with Gasteiger partial charge >= 0.3 is 11.4 Å². The van der Waals surface area contributed by atoms with Gasteiger partial charge < -0.3 is 15.0 Å². The van der Waals surface area contributed by atoms with Gasteiger partial charge in [-0.15, -0.1) is 0 Å². The molecule has 2 aromatic carbocycles. The van der Waals surface area contributed by atoms with Crippen molar-refractivity contribution in [2.45, 2.75) is 13.1 Å². The molecule has 0 fully saturated rings. The third kappa shape index (κ3) is 4.91. The molecule has 0 bridgehead atoms. The van der Waals surface area contributed by atoms with E-state index in [0.29, 0.717) is 17.0 Å². The number of H-pyrrole nitrogens is 1. The maximum atomic E-state index is 13.6. The molecule has 0 amide bonds. The topological polar surface area (TPSA) is 111 Å². The lowest BCUT2D eigenvalue weighted by Crippen LogP contribution is -2.43. The van der Waals surface area contributed by atoms with E-state index in [0.717, 1.165) is 4.57 Å². The third-order valence-electron chi connectivity index (χ3n) is 5.05. The van der Waals surface area contributed by atoms with Crippen LogP contribution in [0.3, 0.4) is 0 Å². The average Bonchev–Trinajstić information content (AvgIpc) is 2.83. The van der Waals surface area contributed by atoms with Crippen LogP contribution in [0, 0.1) is 5.82 Å². The minimum absolute atomic E-state index is 0.0289. The normalized spacial score (nSPS) is 10.8. The number of anilines is 2. The molecule has 2 aromatic heterocycles. The number of aromatic nitrogens is 4. The van der Waals surface area contributed by atoms with Gasteiger partial charge in [-0.3, -0.25) is 9.36 Å². The molecule has 0 aliphatic rings. The van der Waals surface area contributed by atoms with Gasteiger partial charge in [0.2, 0.25) is 5.95 Å². The summed E-state index contributed by atoms with van der Waals surface area (Å²) in [6, 6.07) is 13.9. The van der Waals surface area contributed by atoms with Crippen LogP contribution in [-0.2, 0) is 13.1 Å². The van der Waals surface area contributed by atoms with Gasteiger partial charge in [-0.25, -0.2) is 18.5 Å². The summed E-state index contributed by atoms with van der Waals surface area (Å²) in [6.45, 7) is -0.330. The fourth-order valence-electron chi connectivity index (χ4n) is 3.28. The van der Waals surface area contributed by atoms with Crippen LogP contribution in [0.15, 0.2) is 75.2 Å². The van der Waals surface area contributed by atoms with E-state index in [1.807, 2.05) is 0 Å². The molecule has 0 unspecified atom stereocenters. The number of pyridine rings is 1. The number of benzene rings is 2. The van der Waals surface area contributed by atoms with Gasteiger partial charge in [-0.05, 0) is 48.0 Å². The molecule has 174 valence electrons. The van der Waals surface area contributed by atoms with E-state index in [4.69, 9.17) is 16.3 Å². The van der Waals surface area contributed by atoms with Gasteiger partial charge in [0.15, 0.2) is 0 Å². The van der Waals surface area contributed by atoms with Gasteiger partial charge in [-0.2, -0.15) is 4.98 Å². The summed E-state index contributed by atoms with van der Waals surface area (Å²) >= 11 is 5.90. The largest absolute Gasteiger partial charge is 0.497 e. The van der Waals surface area contributed by atoms with Crippen molar-refractivity contribution >= 4 is 23.2 Å². The molecule has 4 rings (SSSR count). The molecule has 0 saturated heterocycles. The Balaban J connectivity index is 1.81. The van der Waals surface area contributed by atoms with Crippen LogP contribution in [0.1, 0.15) is 11.1 Å². The Morgan fingerprint density at radius 2 is 1.82 bits per heavy atom. The standard InChI is InChI=1S/C23H19ClFN5O4/c1-34-17-7-5-16(6-8-17)27-21-28-22(32)30(13-15-3-2-10-26-20(15)31)23(33)29(21)12-14-4-9-19(25)18(24)11-14/h2-11H,12-13H2,1H3,(H,26,31)(H,27,28,32). The number of nitrogens with zero attached hydrogens (tertiary/aromatic N) is 3. The van der Waals surface area contributed by atoms with Crippen molar-refractivity contribution in [1.29, 1.82) is 0 Å². The second kappa shape index (κ2) is 9.75. The van der Waals surface area contributed by atoms with Crippen molar-refractivity contribution in [1.82, 2.24) is 19.1 Å². The van der Waals surface area contributed by atoms with Crippen molar-refractivity contribution in [2.75, 3.05) is 12.4 Å². The SMILES string of the molecule is COc1ccc(Nc2nc(=O)n(Cc3ccc[nH]c3=O)c(=O)n2Cc2ccc(F)c(Cl)c2)cc1. The summed E-state index contributed by atoms with van der Waals surface area (Å²) in [5.74, 6) is -0.0000627. The number of aromatic amines is 1. The highest BCUT2D eigenvalue weighted by Crippen LogP contribution is 2.20. The fraction of sp³-hybridized carbons (Fsp3) is 0.130. The van der Waals surface area contributed by atoms with Crippen molar-refractivity contribution in [2.24, 2.45) is 0 Å². The van der Waals surface area contributed by atoms with Crippen molar-refractivity contribution < 1.29 is 9.13 Å². The summed E-state index contributed by atoms with van der Waals surface area (Å²) in [5, 5.41) is 2.86. The van der Waals surface area contributed by atoms with Gasteiger partial charge in [0, 0.05) is 17.4 Å². The highest BCUT2D eigenvalue weighted by molar-refractivity contribution is 6.30. The molecule has 34 heavy (non-hydrogen) atoms. The third-order valence-corrected chi connectivity index (χ3v) is 5.34. The minimum atomic E-state index is -0.836. The molecule has 0 saturated carbocycles. The fourth-order valence-corrected chi connectivity index (χ4v) is 3.48. The smallest absolute Gasteiger partial charge is 0.355 e. The van der Waals surface area contributed by atoms with E-state index >= 15 is 0 Å². The van der Waals surface area contributed by atoms with Crippen LogP contribution in [0.2, 0.25) is 5.02 Å². The first-order valence-electron chi connectivity index (χ1n) is 10.1. The lowest BCUT2D eigenvalue weighted by atomic mass is 10.2. The number of methoxy groups -OCH3 is 1. The molecule has 2 N–H and O–H groups in total. The monoisotopic (exact) mass is 483 g/mol. The molecule has 4 aromatic rings. The van der Waals surface area contributed by atoms with Crippen molar-refractivity contribution in [3.05, 3.63) is 114 Å². The Labute approximate surface area is 197 Å². The molecule has 0 aliphatic carbocycles. The van der Waals surface area contributed by atoms with Gasteiger partial charge in [0.25, 0.3) is 5.56 Å². The highest BCUT2D eigenvalue weighted by atomic mass is 35.5. The van der Waals surface area contributed by atoms with E-state index in [-0.39, 0.29) is 29.6 Å². The molecule has 0 spiro atoms. The van der Waals surface area contributed by atoms with Crippen molar-refractivity contribution in [3.63, 3.8) is 0 Å². The molecule has 11 heteroatoms. The number of hydrogen-bond acceptors (Lipinski definition) is 6. The molecular weight excluding hydrogens is 465 g/mol.